The van der Waals surface area contributed by atoms with Crippen LogP contribution in [0.15, 0.2) is 102 Å². The number of non-ortho nitro benzene ring substituents is 1. The Hall–Kier alpha value is -4.21. The third-order valence-electron chi connectivity index (χ3n) is 5.58. The van der Waals surface area contributed by atoms with E-state index < -0.39 is 20.9 Å². The summed E-state index contributed by atoms with van der Waals surface area (Å²) < 4.78 is 28.9. The average molecular weight is 536 g/mol. The first kappa shape index (κ1) is 25.9. The van der Waals surface area contributed by atoms with Crippen molar-refractivity contribution in [2.24, 2.45) is 0 Å². The van der Waals surface area contributed by atoms with Gasteiger partial charge in [0, 0.05) is 22.8 Å². The zero-order valence-electron chi connectivity index (χ0n) is 19.7. The minimum atomic E-state index is -4.09. The van der Waals surface area contributed by atoms with Gasteiger partial charge in [-0.2, -0.15) is 0 Å². The number of carbonyl (C=O) groups is 1. The molecule has 0 aliphatic heterocycles. The minimum absolute atomic E-state index is 0.0610. The van der Waals surface area contributed by atoms with Crippen LogP contribution in [-0.4, -0.2) is 19.2 Å². The maximum Gasteiger partial charge on any atom is 0.271 e. The molecule has 0 saturated carbocycles. The lowest BCUT2D eigenvalue weighted by Crippen LogP contribution is -2.32. The summed E-state index contributed by atoms with van der Waals surface area (Å²) in [6.07, 6.45) is 0. The van der Waals surface area contributed by atoms with E-state index >= 15 is 0 Å². The molecule has 0 unspecified atom stereocenters. The standard InChI is InChI=1S/C27H22ClN3O5S/c1-19-9-15-24(16-10-19)37(35,36)30(18-20-11-13-21(28)14-12-20)26-8-3-2-7-25(26)27(32)29-22-5-4-6-23(17-22)31(33)34/h2-17H,18H2,1H3,(H,29,32). The molecule has 4 aromatic rings. The molecule has 0 bridgehead atoms. The Morgan fingerprint density at radius 1 is 0.946 bits per heavy atom. The summed E-state index contributed by atoms with van der Waals surface area (Å²) in [4.78, 5) is 23.9. The van der Waals surface area contributed by atoms with Crippen molar-refractivity contribution in [3.8, 4) is 0 Å². The average Bonchev–Trinajstić information content (AvgIpc) is 2.88. The predicted octanol–water partition coefficient (Wildman–Crippen LogP) is 6.20. The topological polar surface area (TPSA) is 110 Å². The number of hydrogen-bond donors (Lipinski definition) is 1. The highest BCUT2D eigenvalue weighted by Gasteiger charge is 2.29. The third kappa shape index (κ3) is 5.96. The molecule has 0 heterocycles. The van der Waals surface area contributed by atoms with E-state index in [-0.39, 0.29) is 34.1 Å². The van der Waals surface area contributed by atoms with Crippen molar-refractivity contribution >= 4 is 44.6 Å². The van der Waals surface area contributed by atoms with E-state index in [1.54, 1.807) is 54.6 Å². The number of hydrogen-bond acceptors (Lipinski definition) is 5. The molecule has 0 saturated heterocycles. The van der Waals surface area contributed by atoms with E-state index in [2.05, 4.69) is 5.32 Å². The summed E-state index contributed by atoms with van der Waals surface area (Å²) >= 11 is 6.01. The van der Waals surface area contributed by atoms with Crippen LogP contribution in [0.5, 0.6) is 0 Å². The summed E-state index contributed by atoms with van der Waals surface area (Å²) in [6.45, 7) is 1.80. The smallest absolute Gasteiger partial charge is 0.271 e. The van der Waals surface area contributed by atoms with E-state index in [1.807, 2.05) is 6.92 Å². The van der Waals surface area contributed by atoms with Gasteiger partial charge in [0.05, 0.1) is 27.6 Å². The van der Waals surface area contributed by atoms with E-state index in [9.17, 15) is 23.3 Å². The molecule has 0 aliphatic carbocycles. The van der Waals surface area contributed by atoms with Gasteiger partial charge in [0.15, 0.2) is 0 Å². The van der Waals surface area contributed by atoms with Crippen LogP contribution in [0.2, 0.25) is 5.02 Å². The molecule has 4 aromatic carbocycles. The van der Waals surface area contributed by atoms with Gasteiger partial charge in [-0.1, -0.05) is 59.6 Å². The summed E-state index contributed by atoms with van der Waals surface area (Å²) in [5.41, 5.74) is 1.82. The summed E-state index contributed by atoms with van der Waals surface area (Å²) in [7, 11) is -4.09. The van der Waals surface area contributed by atoms with E-state index in [4.69, 9.17) is 11.6 Å². The Labute approximate surface area is 219 Å². The Kier molecular flexibility index (Phi) is 7.56. The zero-order valence-corrected chi connectivity index (χ0v) is 21.2. The molecule has 188 valence electrons. The van der Waals surface area contributed by atoms with Gasteiger partial charge in [0.1, 0.15) is 0 Å². The molecule has 0 atom stereocenters. The fraction of sp³-hybridized carbons (Fsp3) is 0.0741. The Morgan fingerprint density at radius 2 is 1.62 bits per heavy atom. The zero-order chi connectivity index (χ0) is 26.6. The second-order valence-corrected chi connectivity index (χ2v) is 10.5. The van der Waals surface area contributed by atoms with Gasteiger partial charge in [0.25, 0.3) is 21.6 Å². The largest absolute Gasteiger partial charge is 0.322 e. The first-order valence-corrected chi connectivity index (χ1v) is 13.0. The van der Waals surface area contributed by atoms with Crippen LogP contribution in [0.25, 0.3) is 0 Å². The fourth-order valence-electron chi connectivity index (χ4n) is 3.67. The van der Waals surface area contributed by atoms with Crippen LogP contribution in [-0.2, 0) is 16.6 Å². The predicted molar refractivity (Wildman–Crippen MR) is 143 cm³/mol. The highest BCUT2D eigenvalue weighted by molar-refractivity contribution is 7.92. The van der Waals surface area contributed by atoms with Gasteiger partial charge < -0.3 is 5.32 Å². The highest BCUT2D eigenvalue weighted by Crippen LogP contribution is 2.30. The molecule has 0 aliphatic rings. The van der Waals surface area contributed by atoms with Crippen LogP contribution < -0.4 is 9.62 Å². The molecule has 0 spiro atoms. The normalized spacial score (nSPS) is 11.1. The quantitative estimate of drug-likeness (QED) is 0.213. The Bertz CT molecular complexity index is 1560. The molecule has 10 heteroatoms. The van der Waals surface area contributed by atoms with Crippen molar-refractivity contribution in [3.05, 3.63) is 129 Å². The van der Waals surface area contributed by atoms with Gasteiger partial charge >= 0.3 is 0 Å². The van der Waals surface area contributed by atoms with Crippen molar-refractivity contribution in [2.45, 2.75) is 18.4 Å². The number of aryl methyl sites for hydroxylation is 1. The number of nitro benzene ring substituents is 1. The van der Waals surface area contributed by atoms with Crippen molar-refractivity contribution in [1.82, 2.24) is 0 Å². The van der Waals surface area contributed by atoms with Gasteiger partial charge in [-0.3, -0.25) is 19.2 Å². The lowest BCUT2D eigenvalue weighted by atomic mass is 10.1. The van der Waals surface area contributed by atoms with Crippen LogP contribution in [0.3, 0.4) is 0 Å². The third-order valence-corrected chi connectivity index (χ3v) is 7.61. The summed E-state index contributed by atoms with van der Waals surface area (Å²) in [5, 5.41) is 14.3. The first-order valence-electron chi connectivity index (χ1n) is 11.1. The van der Waals surface area contributed by atoms with Crippen molar-refractivity contribution in [3.63, 3.8) is 0 Å². The van der Waals surface area contributed by atoms with Crippen molar-refractivity contribution in [2.75, 3.05) is 9.62 Å². The van der Waals surface area contributed by atoms with Crippen molar-refractivity contribution < 1.29 is 18.1 Å². The number of nitrogens with one attached hydrogen (secondary N) is 1. The number of sulfonamides is 1. The van der Waals surface area contributed by atoms with Gasteiger partial charge in [-0.25, -0.2) is 8.42 Å². The lowest BCUT2D eigenvalue weighted by molar-refractivity contribution is -0.384. The molecule has 0 radical (unpaired) electrons. The van der Waals surface area contributed by atoms with Crippen LogP contribution in [0.4, 0.5) is 17.1 Å². The van der Waals surface area contributed by atoms with Gasteiger partial charge in [-0.05, 0) is 55.0 Å². The molecule has 0 aromatic heterocycles. The van der Waals surface area contributed by atoms with E-state index in [0.717, 1.165) is 5.56 Å². The highest BCUT2D eigenvalue weighted by atomic mass is 35.5. The Morgan fingerprint density at radius 3 is 2.30 bits per heavy atom. The second kappa shape index (κ2) is 10.8. The van der Waals surface area contributed by atoms with Gasteiger partial charge in [-0.15, -0.1) is 0 Å². The number of halogens is 1. The molecule has 0 fully saturated rings. The maximum atomic E-state index is 13.9. The molecule has 37 heavy (non-hydrogen) atoms. The number of benzene rings is 4. The molecule has 1 amide bonds. The Balaban J connectivity index is 1.78. The summed E-state index contributed by atoms with van der Waals surface area (Å²) in [6, 6.07) is 25.0. The SMILES string of the molecule is Cc1ccc(S(=O)(=O)N(Cc2ccc(Cl)cc2)c2ccccc2C(=O)Nc2cccc([N+](=O)[O-])c2)cc1. The number of nitro groups is 1. The fourth-order valence-corrected chi connectivity index (χ4v) is 5.27. The van der Waals surface area contributed by atoms with Gasteiger partial charge in [0.2, 0.25) is 0 Å². The number of anilines is 2. The number of nitrogens with zero attached hydrogens (tertiary/aromatic N) is 2. The van der Waals surface area contributed by atoms with E-state index in [1.165, 1.54) is 46.8 Å². The number of amides is 1. The number of rotatable bonds is 8. The van der Waals surface area contributed by atoms with Crippen LogP contribution in [0.1, 0.15) is 21.5 Å². The van der Waals surface area contributed by atoms with E-state index in [0.29, 0.717) is 10.6 Å². The molecular formula is C27H22ClN3O5S. The number of carbonyl (C=O) groups excluding carboxylic acids is 1. The summed E-state index contributed by atoms with van der Waals surface area (Å²) in [5.74, 6) is -0.615. The monoisotopic (exact) mass is 535 g/mol. The van der Waals surface area contributed by atoms with Crippen LogP contribution >= 0.6 is 11.6 Å². The van der Waals surface area contributed by atoms with Crippen LogP contribution in [0, 0.1) is 17.0 Å². The minimum Gasteiger partial charge on any atom is -0.322 e. The molecular weight excluding hydrogens is 514 g/mol. The maximum absolute atomic E-state index is 13.9. The second-order valence-electron chi connectivity index (χ2n) is 8.23. The molecule has 4 rings (SSSR count). The molecule has 1 N–H and O–H groups in total. The van der Waals surface area contributed by atoms with Crippen molar-refractivity contribution in [1.29, 1.82) is 0 Å². The first-order chi connectivity index (χ1) is 17.6. The molecule has 8 nitrogen and oxygen atoms in total. The number of para-hydroxylation sites is 1. The lowest BCUT2D eigenvalue weighted by Gasteiger charge is -2.27.